The molecule has 26 heavy (non-hydrogen) atoms. The zero-order valence-corrected chi connectivity index (χ0v) is 14.1. The van der Waals surface area contributed by atoms with Gasteiger partial charge in [-0.15, -0.1) is 0 Å². The fourth-order valence-electron chi connectivity index (χ4n) is 2.81. The Morgan fingerprint density at radius 1 is 1.35 bits per heavy atom. The van der Waals surface area contributed by atoms with Gasteiger partial charge in [-0.1, -0.05) is 30.3 Å². The minimum Gasteiger partial charge on any atom is -0.394 e. The number of nitrogens with one attached hydrogen (secondary N) is 1. The number of hydrogen-bond donors (Lipinski definition) is 4. The Balaban J connectivity index is 1.69. The lowest BCUT2D eigenvalue weighted by molar-refractivity contribution is -0.0987. The van der Waals surface area contributed by atoms with E-state index in [1.807, 2.05) is 30.3 Å². The minimum absolute atomic E-state index is 0.194. The van der Waals surface area contributed by atoms with Crippen LogP contribution in [0.4, 0.5) is 5.82 Å². The van der Waals surface area contributed by atoms with Crippen LogP contribution in [0.5, 0.6) is 0 Å². The van der Waals surface area contributed by atoms with E-state index in [2.05, 4.69) is 10.5 Å². The summed E-state index contributed by atoms with van der Waals surface area (Å²) in [5, 5.41) is 29.7. The van der Waals surface area contributed by atoms with Crippen LogP contribution < -0.4 is 11.2 Å². The quantitative estimate of drug-likeness (QED) is 0.520. The number of nitrogens with zero attached hydrogens (tertiary/aromatic N) is 2. The highest BCUT2D eigenvalue weighted by Gasteiger charge is 2.53. The number of hydrogen-bond acceptors (Lipinski definition) is 8. The van der Waals surface area contributed by atoms with Crippen LogP contribution in [0, 0.1) is 0 Å². The lowest BCUT2D eigenvalue weighted by Gasteiger charge is -2.27. The minimum atomic E-state index is -1.75. The standard InChI is InChI=1S/C17H21N3O6/c1-17(24)14(22)12(9-21)26-15(17)20-8-7-13(18-16(20)23)19-25-10-11-5-3-2-4-6-11/h2-8,12,14-15,21-22,24H,9-10H2,1H3,(H,18,19,23)/t12-,14-,15-,17-/m1/s1. The van der Waals surface area contributed by atoms with Gasteiger partial charge in [-0.05, 0) is 18.6 Å². The highest BCUT2D eigenvalue weighted by molar-refractivity contribution is 5.29. The van der Waals surface area contributed by atoms with Gasteiger partial charge in [0, 0.05) is 6.20 Å². The first kappa shape index (κ1) is 18.5. The Kier molecular flexibility index (Phi) is 5.35. The molecule has 0 aliphatic carbocycles. The van der Waals surface area contributed by atoms with Gasteiger partial charge in [0.15, 0.2) is 12.0 Å². The SMILES string of the molecule is C[C@@]1(O)[C@H](O)[C@@H](CO)O[C@H]1n1ccc(NOCc2ccccc2)nc1=O. The fraction of sp³-hybridized carbons (Fsp3) is 0.412. The van der Waals surface area contributed by atoms with Crippen LogP contribution in [0.1, 0.15) is 18.7 Å². The first-order chi connectivity index (χ1) is 12.4. The Hall–Kier alpha value is -2.30. The van der Waals surface area contributed by atoms with Gasteiger partial charge in [0.2, 0.25) is 0 Å². The van der Waals surface area contributed by atoms with Crippen molar-refractivity contribution in [3.8, 4) is 0 Å². The molecule has 2 aromatic rings. The first-order valence-corrected chi connectivity index (χ1v) is 8.11. The number of aliphatic hydroxyl groups is 3. The lowest BCUT2D eigenvalue weighted by Crippen LogP contribution is -2.46. The lowest BCUT2D eigenvalue weighted by atomic mass is 9.96. The summed E-state index contributed by atoms with van der Waals surface area (Å²) in [6, 6.07) is 10.9. The van der Waals surface area contributed by atoms with Gasteiger partial charge in [0.25, 0.3) is 0 Å². The van der Waals surface area contributed by atoms with Crippen molar-refractivity contribution in [1.29, 1.82) is 0 Å². The summed E-state index contributed by atoms with van der Waals surface area (Å²) in [6.07, 6.45) is -2.13. The molecular formula is C17H21N3O6. The molecule has 1 aliphatic rings. The van der Waals surface area contributed by atoms with E-state index in [1.54, 1.807) is 0 Å². The van der Waals surface area contributed by atoms with Crippen LogP contribution in [0.3, 0.4) is 0 Å². The third-order valence-electron chi connectivity index (χ3n) is 4.28. The smallest absolute Gasteiger partial charge is 0.351 e. The van der Waals surface area contributed by atoms with E-state index in [0.717, 1.165) is 10.1 Å². The van der Waals surface area contributed by atoms with Crippen molar-refractivity contribution >= 4 is 5.82 Å². The van der Waals surface area contributed by atoms with E-state index in [4.69, 9.17) is 9.57 Å². The molecule has 1 saturated heterocycles. The summed E-state index contributed by atoms with van der Waals surface area (Å²) >= 11 is 0. The molecule has 4 N–H and O–H groups in total. The maximum absolute atomic E-state index is 12.3. The van der Waals surface area contributed by atoms with Gasteiger partial charge in [0.1, 0.15) is 17.8 Å². The normalized spacial score (nSPS) is 28.2. The van der Waals surface area contributed by atoms with Crippen LogP contribution in [0.2, 0.25) is 0 Å². The summed E-state index contributed by atoms with van der Waals surface area (Å²) in [6.45, 7) is 1.14. The summed E-state index contributed by atoms with van der Waals surface area (Å²) in [4.78, 5) is 21.4. The molecule has 1 fully saturated rings. The van der Waals surface area contributed by atoms with Crippen molar-refractivity contribution in [2.24, 2.45) is 0 Å². The van der Waals surface area contributed by atoms with Crippen molar-refractivity contribution in [3.63, 3.8) is 0 Å². The van der Waals surface area contributed by atoms with Crippen molar-refractivity contribution in [1.82, 2.24) is 9.55 Å². The van der Waals surface area contributed by atoms with Crippen molar-refractivity contribution in [2.45, 2.75) is 37.6 Å². The maximum atomic E-state index is 12.3. The summed E-state index contributed by atoms with van der Waals surface area (Å²) < 4.78 is 6.46. The molecule has 1 aliphatic heterocycles. The molecule has 4 atom stereocenters. The predicted octanol–water partition coefficient (Wildman–Crippen LogP) is -0.211. The zero-order chi connectivity index (χ0) is 18.7. The van der Waals surface area contributed by atoms with Gasteiger partial charge in [-0.2, -0.15) is 4.98 Å². The summed E-state index contributed by atoms with van der Waals surface area (Å²) in [7, 11) is 0. The Bertz CT molecular complexity index is 795. The summed E-state index contributed by atoms with van der Waals surface area (Å²) in [5.74, 6) is 0.194. The van der Waals surface area contributed by atoms with Crippen LogP contribution in [-0.4, -0.2) is 49.3 Å². The molecule has 0 saturated carbocycles. The third kappa shape index (κ3) is 3.62. The number of aliphatic hydroxyl groups excluding tert-OH is 2. The van der Waals surface area contributed by atoms with E-state index in [0.29, 0.717) is 0 Å². The van der Waals surface area contributed by atoms with E-state index >= 15 is 0 Å². The van der Waals surface area contributed by atoms with Crippen LogP contribution in [-0.2, 0) is 16.2 Å². The van der Waals surface area contributed by atoms with E-state index in [-0.39, 0.29) is 12.4 Å². The molecule has 3 rings (SSSR count). The molecule has 0 spiro atoms. The molecular weight excluding hydrogens is 342 g/mol. The second-order valence-electron chi connectivity index (χ2n) is 6.26. The first-order valence-electron chi connectivity index (χ1n) is 8.11. The van der Waals surface area contributed by atoms with Crippen LogP contribution >= 0.6 is 0 Å². The van der Waals surface area contributed by atoms with Crippen LogP contribution in [0.15, 0.2) is 47.4 Å². The van der Waals surface area contributed by atoms with Gasteiger partial charge >= 0.3 is 5.69 Å². The Labute approximate surface area is 149 Å². The highest BCUT2D eigenvalue weighted by Crippen LogP contribution is 2.37. The molecule has 1 aromatic carbocycles. The van der Waals surface area contributed by atoms with Crippen LogP contribution in [0.25, 0.3) is 0 Å². The number of anilines is 1. The molecule has 9 heteroatoms. The van der Waals surface area contributed by atoms with Crippen molar-refractivity contribution in [2.75, 3.05) is 12.1 Å². The van der Waals surface area contributed by atoms with Gasteiger partial charge in [0.05, 0.1) is 13.2 Å². The molecule has 1 aromatic heterocycles. The Morgan fingerprint density at radius 2 is 2.08 bits per heavy atom. The largest absolute Gasteiger partial charge is 0.394 e. The van der Waals surface area contributed by atoms with Crippen molar-refractivity contribution < 1.29 is 24.9 Å². The average Bonchev–Trinajstić information content (AvgIpc) is 2.86. The maximum Gasteiger partial charge on any atom is 0.351 e. The number of ether oxygens (including phenoxy) is 1. The van der Waals surface area contributed by atoms with E-state index < -0.39 is 36.3 Å². The molecule has 0 radical (unpaired) electrons. The molecule has 0 unspecified atom stereocenters. The average molecular weight is 363 g/mol. The molecule has 140 valence electrons. The molecule has 2 heterocycles. The highest BCUT2D eigenvalue weighted by atomic mass is 16.6. The fourth-order valence-corrected chi connectivity index (χ4v) is 2.81. The van der Waals surface area contributed by atoms with E-state index in [9.17, 15) is 20.1 Å². The Morgan fingerprint density at radius 3 is 2.69 bits per heavy atom. The second kappa shape index (κ2) is 7.52. The van der Waals surface area contributed by atoms with E-state index in [1.165, 1.54) is 19.2 Å². The topological polar surface area (TPSA) is 126 Å². The van der Waals surface area contributed by atoms with Crippen molar-refractivity contribution in [3.05, 3.63) is 58.6 Å². The number of aromatic nitrogens is 2. The predicted molar refractivity (Wildman–Crippen MR) is 91.0 cm³/mol. The van der Waals surface area contributed by atoms with Gasteiger partial charge < -0.3 is 20.1 Å². The number of rotatable bonds is 6. The molecule has 9 nitrogen and oxygen atoms in total. The summed E-state index contributed by atoms with van der Waals surface area (Å²) in [5.41, 5.74) is 1.08. The monoisotopic (exact) mass is 363 g/mol. The zero-order valence-electron chi connectivity index (χ0n) is 14.1. The molecule has 0 bridgehead atoms. The van der Waals surface area contributed by atoms with Gasteiger partial charge in [-0.25, -0.2) is 10.3 Å². The molecule has 0 amide bonds. The second-order valence-corrected chi connectivity index (χ2v) is 6.26. The third-order valence-corrected chi connectivity index (χ3v) is 4.28. The van der Waals surface area contributed by atoms with Gasteiger partial charge in [-0.3, -0.25) is 9.40 Å². The number of benzene rings is 1.